The lowest BCUT2D eigenvalue weighted by Gasteiger charge is -2.17. The molecule has 108 valence electrons. The largest absolute Gasteiger partial charge is 0.356 e. The number of nitrogens with one attached hydrogen (secondary N) is 2. The van der Waals surface area contributed by atoms with Crippen molar-refractivity contribution in [3.05, 3.63) is 0 Å². The SMILES string of the molecule is CCCCCNC(=NC)NCCN(C)CCCC. The van der Waals surface area contributed by atoms with Crippen LogP contribution in [0.5, 0.6) is 0 Å². The molecule has 0 spiro atoms. The maximum atomic E-state index is 4.22. The summed E-state index contributed by atoms with van der Waals surface area (Å²) in [5.41, 5.74) is 0. The number of hydrogen-bond acceptors (Lipinski definition) is 2. The van der Waals surface area contributed by atoms with Crippen LogP contribution < -0.4 is 10.6 Å². The van der Waals surface area contributed by atoms with Crippen molar-refractivity contribution in [2.45, 2.75) is 46.0 Å². The lowest BCUT2D eigenvalue weighted by molar-refractivity contribution is 0.332. The zero-order valence-corrected chi connectivity index (χ0v) is 12.8. The van der Waals surface area contributed by atoms with Gasteiger partial charge in [0.25, 0.3) is 0 Å². The number of unbranched alkanes of at least 4 members (excludes halogenated alkanes) is 3. The smallest absolute Gasteiger partial charge is 0.191 e. The second-order valence-electron chi connectivity index (χ2n) is 4.79. The molecule has 0 atom stereocenters. The molecule has 0 aromatic carbocycles. The Morgan fingerprint density at radius 3 is 2.22 bits per heavy atom. The molecule has 0 aliphatic carbocycles. The molecular formula is C14H32N4. The third-order valence-electron chi connectivity index (χ3n) is 2.98. The summed E-state index contributed by atoms with van der Waals surface area (Å²) in [6, 6.07) is 0. The van der Waals surface area contributed by atoms with Gasteiger partial charge in [0.15, 0.2) is 5.96 Å². The van der Waals surface area contributed by atoms with E-state index < -0.39 is 0 Å². The molecule has 0 aromatic rings. The number of aliphatic imine (C=N–C) groups is 1. The van der Waals surface area contributed by atoms with Crippen molar-refractivity contribution in [3.63, 3.8) is 0 Å². The molecule has 0 aliphatic rings. The summed E-state index contributed by atoms with van der Waals surface area (Å²) < 4.78 is 0. The van der Waals surface area contributed by atoms with Gasteiger partial charge in [-0.25, -0.2) is 0 Å². The Kier molecular flexibility index (Phi) is 12.1. The molecular weight excluding hydrogens is 224 g/mol. The van der Waals surface area contributed by atoms with E-state index in [1.807, 2.05) is 7.05 Å². The fraction of sp³-hybridized carbons (Fsp3) is 0.929. The molecule has 0 aromatic heterocycles. The second kappa shape index (κ2) is 12.7. The van der Waals surface area contributed by atoms with Crippen LogP contribution in [0, 0.1) is 0 Å². The zero-order valence-electron chi connectivity index (χ0n) is 12.8. The molecule has 0 unspecified atom stereocenters. The first kappa shape index (κ1) is 17.2. The Balaban J connectivity index is 3.55. The van der Waals surface area contributed by atoms with Crippen molar-refractivity contribution in [1.82, 2.24) is 15.5 Å². The van der Waals surface area contributed by atoms with E-state index in [0.29, 0.717) is 0 Å². The Hall–Kier alpha value is -0.770. The molecule has 2 N–H and O–H groups in total. The predicted molar refractivity (Wildman–Crippen MR) is 81.3 cm³/mol. The third kappa shape index (κ3) is 10.4. The normalized spacial score (nSPS) is 11.9. The van der Waals surface area contributed by atoms with E-state index in [1.54, 1.807) is 0 Å². The highest BCUT2D eigenvalue weighted by molar-refractivity contribution is 5.79. The highest BCUT2D eigenvalue weighted by Crippen LogP contribution is 1.91. The Morgan fingerprint density at radius 1 is 0.944 bits per heavy atom. The van der Waals surface area contributed by atoms with E-state index in [2.05, 4.69) is 41.4 Å². The summed E-state index contributed by atoms with van der Waals surface area (Å²) in [5.74, 6) is 0.926. The van der Waals surface area contributed by atoms with Crippen LogP contribution in [0.1, 0.15) is 46.0 Å². The van der Waals surface area contributed by atoms with E-state index in [1.165, 1.54) is 38.6 Å². The fourth-order valence-electron chi connectivity index (χ4n) is 1.71. The van der Waals surface area contributed by atoms with E-state index >= 15 is 0 Å². The third-order valence-corrected chi connectivity index (χ3v) is 2.98. The molecule has 0 saturated carbocycles. The molecule has 0 aliphatic heterocycles. The molecule has 0 rings (SSSR count). The molecule has 0 fully saturated rings. The summed E-state index contributed by atoms with van der Waals surface area (Å²) in [6.07, 6.45) is 6.30. The van der Waals surface area contributed by atoms with Crippen molar-refractivity contribution < 1.29 is 0 Å². The van der Waals surface area contributed by atoms with Gasteiger partial charge < -0.3 is 15.5 Å². The zero-order chi connectivity index (χ0) is 13.6. The van der Waals surface area contributed by atoms with Gasteiger partial charge in [0, 0.05) is 26.7 Å². The Morgan fingerprint density at radius 2 is 1.61 bits per heavy atom. The van der Waals surface area contributed by atoms with E-state index in [-0.39, 0.29) is 0 Å². The quantitative estimate of drug-likeness (QED) is 0.357. The van der Waals surface area contributed by atoms with Crippen LogP contribution in [0.15, 0.2) is 4.99 Å². The average Bonchev–Trinajstić information content (AvgIpc) is 2.39. The van der Waals surface area contributed by atoms with Gasteiger partial charge in [0.05, 0.1) is 0 Å². The number of guanidine groups is 1. The fourth-order valence-corrected chi connectivity index (χ4v) is 1.71. The summed E-state index contributed by atoms with van der Waals surface area (Å²) in [6.45, 7) is 8.66. The maximum absolute atomic E-state index is 4.22. The van der Waals surface area contributed by atoms with Gasteiger partial charge >= 0.3 is 0 Å². The van der Waals surface area contributed by atoms with Gasteiger partial charge in [-0.15, -0.1) is 0 Å². The molecule has 0 amide bonds. The number of nitrogens with zero attached hydrogens (tertiary/aromatic N) is 2. The first-order valence-electron chi connectivity index (χ1n) is 7.37. The summed E-state index contributed by atoms with van der Waals surface area (Å²) >= 11 is 0. The molecule has 0 radical (unpaired) electrons. The van der Waals surface area contributed by atoms with Crippen molar-refractivity contribution in [2.75, 3.05) is 40.3 Å². The van der Waals surface area contributed by atoms with E-state index in [0.717, 1.165) is 25.6 Å². The number of rotatable bonds is 10. The van der Waals surface area contributed by atoms with Gasteiger partial charge in [-0.3, -0.25) is 4.99 Å². The van der Waals surface area contributed by atoms with Crippen LogP contribution in [-0.2, 0) is 0 Å². The van der Waals surface area contributed by atoms with Gasteiger partial charge in [-0.05, 0) is 26.4 Å². The predicted octanol–water partition coefficient (Wildman–Crippen LogP) is 2.07. The maximum Gasteiger partial charge on any atom is 0.191 e. The topological polar surface area (TPSA) is 39.7 Å². The summed E-state index contributed by atoms with van der Waals surface area (Å²) in [4.78, 5) is 6.58. The van der Waals surface area contributed by atoms with Crippen molar-refractivity contribution in [3.8, 4) is 0 Å². The first-order chi connectivity index (χ1) is 8.74. The average molecular weight is 256 g/mol. The molecule has 4 heteroatoms. The summed E-state index contributed by atoms with van der Waals surface area (Å²) in [5, 5.41) is 6.69. The van der Waals surface area contributed by atoms with Crippen LogP contribution in [0.4, 0.5) is 0 Å². The van der Waals surface area contributed by atoms with Crippen molar-refractivity contribution in [2.24, 2.45) is 4.99 Å². The summed E-state index contributed by atoms with van der Waals surface area (Å²) in [7, 11) is 4.00. The van der Waals surface area contributed by atoms with Crippen molar-refractivity contribution >= 4 is 5.96 Å². The van der Waals surface area contributed by atoms with Gasteiger partial charge in [0.2, 0.25) is 0 Å². The molecule has 4 nitrogen and oxygen atoms in total. The van der Waals surface area contributed by atoms with Crippen LogP contribution >= 0.6 is 0 Å². The molecule has 0 heterocycles. The Labute approximate surface area is 113 Å². The molecule has 0 saturated heterocycles. The molecule has 18 heavy (non-hydrogen) atoms. The van der Waals surface area contributed by atoms with Crippen LogP contribution in [0.3, 0.4) is 0 Å². The van der Waals surface area contributed by atoms with E-state index in [4.69, 9.17) is 0 Å². The standard InChI is InChI=1S/C14H32N4/c1-5-7-9-10-16-14(15-3)17-11-13-18(4)12-8-6-2/h5-13H2,1-4H3,(H2,15,16,17). The van der Waals surface area contributed by atoms with Crippen molar-refractivity contribution in [1.29, 1.82) is 0 Å². The van der Waals surface area contributed by atoms with Crippen LogP contribution in [-0.4, -0.2) is 51.1 Å². The minimum absolute atomic E-state index is 0.926. The second-order valence-corrected chi connectivity index (χ2v) is 4.79. The molecule has 0 bridgehead atoms. The van der Waals surface area contributed by atoms with Gasteiger partial charge in [-0.1, -0.05) is 33.1 Å². The minimum Gasteiger partial charge on any atom is -0.356 e. The monoisotopic (exact) mass is 256 g/mol. The number of likely N-dealkylation sites (N-methyl/N-ethyl adjacent to an activating group) is 1. The van der Waals surface area contributed by atoms with Gasteiger partial charge in [-0.2, -0.15) is 0 Å². The first-order valence-corrected chi connectivity index (χ1v) is 7.37. The number of hydrogen-bond donors (Lipinski definition) is 2. The highest BCUT2D eigenvalue weighted by atomic mass is 15.2. The minimum atomic E-state index is 0.926. The lowest BCUT2D eigenvalue weighted by atomic mass is 10.2. The van der Waals surface area contributed by atoms with E-state index in [9.17, 15) is 0 Å². The van der Waals surface area contributed by atoms with Crippen LogP contribution in [0.2, 0.25) is 0 Å². The lowest BCUT2D eigenvalue weighted by Crippen LogP contribution is -2.41. The highest BCUT2D eigenvalue weighted by Gasteiger charge is 1.99. The Bertz CT molecular complexity index is 204. The van der Waals surface area contributed by atoms with Crippen LogP contribution in [0.25, 0.3) is 0 Å². The van der Waals surface area contributed by atoms with Gasteiger partial charge in [0.1, 0.15) is 0 Å².